The molecule has 0 aliphatic carbocycles. The maximum atomic E-state index is 8.73. The van der Waals surface area contributed by atoms with Crippen molar-refractivity contribution in [1.29, 1.82) is 0 Å². The standard InChI is InChI=1S/C17H20N2O2/c1-3-13-5-7-14(8-6-13)11-21-16-10-15(17(18)19-20)9-4-12(16)2/h4-10,20H,3,11H2,1-2H3,(H2,18,19). The molecule has 0 amide bonds. The third-order valence-electron chi connectivity index (χ3n) is 3.42. The summed E-state index contributed by atoms with van der Waals surface area (Å²) < 4.78 is 5.84. The molecule has 4 heteroatoms. The van der Waals surface area contributed by atoms with Gasteiger partial charge in [0.15, 0.2) is 5.84 Å². The van der Waals surface area contributed by atoms with Gasteiger partial charge in [-0.3, -0.25) is 0 Å². The molecule has 0 aliphatic heterocycles. The molecule has 2 aromatic carbocycles. The van der Waals surface area contributed by atoms with Crippen LogP contribution >= 0.6 is 0 Å². The lowest BCUT2D eigenvalue weighted by atomic mass is 10.1. The lowest BCUT2D eigenvalue weighted by Crippen LogP contribution is -2.13. The van der Waals surface area contributed by atoms with Crippen LogP contribution in [-0.2, 0) is 13.0 Å². The van der Waals surface area contributed by atoms with E-state index in [-0.39, 0.29) is 5.84 Å². The average molecular weight is 284 g/mol. The Morgan fingerprint density at radius 3 is 2.43 bits per heavy atom. The second-order valence-electron chi connectivity index (χ2n) is 4.92. The zero-order valence-corrected chi connectivity index (χ0v) is 12.3. The van der Waals surface area contributed by atoms with Gasteiger partial charge in [0, 0.05) is 5.56 Å². The van der Waals surface area contributed by atoms with Gasteiger partial charge >= 0.3 is 0 Å². The van der Waals surface area contributed by atoms with Crippen molar-refractivity contribution >= 4 is 5.84 Å². The normalized spacial score (nSPS) is 11.4. The number of hydrogen-bond donors (Lipinski definition) is 2. The molecule has 0 fully saturated rings. The largest absolute Gasteiger partial charge is 0.489 e. The molecule has 0 saturated heterocycles. The molecule has 0 bridgehead atoms. The third-order valence-corrected chi connectivity index (χ3v) is 3.42. The van der Waals surface area contributed by atoms with Crippen LogP contribution in [0.25, 0.3) is 0 Å². The van der Waals surface area contributed by atoms with Crippen LogP contribution in [0.3, 0.4) is 0 Å². The van der Waals surface area contributed by atoms with Crippen molar-refractivity contribution in [3.63, 3.8) is 0 Å². The van der Waals surface area contributed by atoms with Crippen LogP contribution in [0.15, 0.2) is 47.6 Å². The average Bonchev–Trinajstić information content (AvgIpc) is 2.53. The van der Waals surface area contributed by atoms with Crippen molar-refractivity contribution in [1.82, 2.24) is 0 Å². The number of benzene rings is 2. The summed E-state index contributed by atoms with van der Waals surface area (Å²) in [6.45, 7) is 4.59. The minimum absolute atomic E-state index is 0.0761. The highest BCUT2D eigenvalue weighted by atomic mass is 16.5. The highest BCUT2D eigenvalue weighted by molar-refractivity contribution is 5.97. The molecule has 2 rings (SSSR count). The Kier molecular flexibility index (Phi) is 4.82. The van der Waals surface area contributed by atoms with E-state index in [1.807, 2.05) is 13.0 Å². The van der Waals surface area contributed by atoms with Crippen LogP contribution in [-0.4, -0.2) is 11.0 Å². The van der Waals surface area contributed by atoms with E-state index < -0.39 is 0 Å². The molecule has 2 aromatic rings. The van der Waals surface area contributed by atoms with Gasteiger partial charge < -0.3 is 15.7 Å². The van der Waals surface area contributed by atoms with Crippen molar-refractivity contribution in [2.45, 2.75) is 26.9 Å². The van der Waals surface area contributed by atoms with Crippen LogP contribution < -0.4 is 10.5 Å². The van der Waals surface area contributed by atoms with E-state index in [0.29, 0.717) is 12.2 Å². The van der Waals surface area contributed by atoms with Gasteiger partial charge in [0.2, 0.25) is 0 Å². The Bertz CT molecular complexity index is 634. The summed E-state index contributed by atoms with van der Waals surface area (Å²) in [4.78, 5) is 0. The minimum Gasteiger partial charge on any atom is -0.489 e. The molecule has 0 heterocycles. The topological polar surface area (TPSA) is 67.8 Å². The first kappa shape index (κ1) is 14.9. The lowest BCUT2D eigenvalue weighted by Gasteiger charge is -2.11. The summed E-state index contributed by atoms with van der Waals surface area (Å²) in [5, 5.41) is 11.7. The van der Waals surface area contributed by atoms with E-state index in [2.05, 4.69) is 36.3 Å². The minimum atomic E-state index is 0.0761. The Morgan fingerprint density at radius 2 is 1.81 bits per heavy atom. The highest BCUT2D eigenvalue weighted by Gasteiger charge is 2.05. The van der Waals surface area contributed by atoms with Crippen LogP contribution in [0, 0.1) is 6.92 Å². The fourth-order valence-corrected chi connectivity index (χ4v) is 2.00. The van der Waals surface area contributed by atoms with Crippen LogP contribution in [0.4, 0.5) is 0 Å². The van der Waals surface area contributed by atoms with Gasteiger partial charge in [-0.2, -0.15) is 0 Å². The number of rotatable bonds is 5. The summed E-state index contributed by atoms with van der Waals surface area (Å²) in [5.41, 5.74) is 9.67. The molecule has 0 spiro atoms. The molecule has 0 atom stereocenters. The quantitative estimate of drug-likeness (QED) is 0.383. The van der Waals surface area contributed by atoms with Crippen molar-refractivity contribution in [2.24, 2.45) is 10.9 Å². The van der Waals surface area contributed by atoms with Gasteiger partial charge in [-0.1, -0.05) is 48.5 Å². The predicted octanol–water partition coefficient (Wildman–Crippen LogP) is 3.23. The van der Waals surface area contributed by atoms with Crippen molar-refractivity contribution < 1.29 is 9.94 Å². The molecule has 0 aromatic heterocycles. The third kappa shape index (κ3) is 3.75. The number of nitrogens with zero attached hydrogens (tertiary/aromatic N) is 1. The number of oxime groups is 1. The molecular weight excluding hydrogens is 264 g/mol. The fraction of sp³-hybridized carbons (Fsp3) is 0.235. The van der Waals surface area contributed by atoms with Crippen molar-refractivity contribution in [3.8, 4) is 5.75 Å². The maximum Gasteiger partial charge on any atom is 0.170 e. The van der Waals surface area contributed by atoms with Gasteiger partial charge in [0.25, 0.3) is 0 Å². The molecule has 0 saturated carbocycles. The summed E-state index contributed by atoms with van der Waals surface area (Å²) >= 11 is 0. The first-order valence-corrected chi connectivity index (χ1v) is 6.93. The smallest absolute Gasteiger partial charge is 0.170 e. The molecule has 0 aliphatic rings. The Hall–Kier alpha value is -2.49. The zero-order chi connectivity index (χ0) is 15.2. The zero-order valence-electron chi connectivity index (χ0n) is 12.3. The summed E-state index contributed by atoms with van der Waals surface area (Å²) in [7, 11) is 0. The number of hydrogen-bond acceptors (Lipinski definition) is 3. The van der Waals surface area contributed by atoms with Crippen LogP contribution in [0.5, 0.6) is 5.75 Å². The van der Waals surface area contributed by atoms with Crippen molar-refractivity contribution in [3.05, 3.63) is 64.7 Å². The van der Waals surface area contributed by atoms with E-state index in [4.69, 9.17) is 15.7 Å². The summed E-state index contributed by atoms with van der Waals surface area (Å²) in [6, 6.07) is 13.8. The van der Waals surface area contributed by atoms with E-state index in [0.717, 1.165) is 23.3 Å². The molecule has 3 N–H and O–H groups in total. The lowest BCUT2D eigenvalue weighted by molar-refractivity contribution is 0.304. The maximum absolute atomic E-state index is 8.73. The van der Waals surface area contributed by atoms with Gasteiger partial charge in [-0.25, -0.2) is 0 Å². The van der Waals surface area contributed by atoms with Gasteiger partial charge in [0.1, 0.15) is 12.4 Å². The summed E-state index contributed by atoms with van der Waals surface area (Å²) in [6.07, 6.45) is 1.03. The second-order valence-corrected chi connectivity index (χ2v) is 4.92. The van der Waals surface area contributed by atoms with Crippen LogP contribution in [0.1, 0.15) is 29.2 Å². The highest BCUT2D eigenvalue weighted by Crippen LogP contribution is 2.21. The molecule has 110 valence electrons. The number of nitrogens with two attached hydrogens (primary N) is 1. The Balaban J connectivity index is 2.11. The van der Waals surface area contributed by atoms with E-state index in [9.17, 15) is 0 Å². The van der Waals surface area contributed by atoms with E-state index in [1.54, 1.807) is 12.1 Å². The van der Waals surface area contributed by atoms with E-state index >= 15 is 0 Å². The van der Waals surface area contributed by atoms with Gasteiger partial charge in [-0.05, 0) is 36.1 Å². The summed E-state index contributed by atoms with van der Waals surface area (Å²) in [5.74, 6) is 0.811. The number of amidine groups is 1. The number of aryl methyl sites for hydroxylation is 2. The van der Waals surface area contributed by atoms with E-state index in [1.165, 1.54) is 5.56 Å². The first-order chi connectivity index (χ1) is 10.1. The molecule has 0 radical (unpaired) electrons. The Morgan fingerprint density at radius 1 is 1.14 bits per heavy atom. The predicted molar refractivity (Wildman–Crippen MR) is 83.8 cm³/mol. The van der Waals surface area contributed by atoms with Gasteiger partial charge in [0.05, 0.1) is 0 Å². The van der Waals surface area contributed by atoms with Crippen molar-refractivity contribution in [2.75, 3.05) is 0 Å². The van der Waals surface area contributed by atoms with Crippen LogP contribution in [0.2, 0.25) is 0 Å². The number of ether oxygens (including phenoxy) is 1. The monoisotopic (exact) mass is 284 g/mol. The molecule has 4 nitrogen and oxygen atoms in total. The second kappa shape index (κ2) is 6.79. The van der Waals surface area contributed by atoms with Gasteiger partial charge in [-0.15, -0.1) is 0 Å². The molecular formula is C17H20N2O2. The molecule has 21 heavy (non-hydrogen) atoms. The molecule has 0 unspecified atom stereocenters. The SMILES string of the molecule is CCc1ccc(COc2cc(/C(N)=N/O)ccc2C)cc1. The Labute approximate surface area is 124 Å². The first-order valence-electron chi connectivity index (χ1n) is 6.93. The fourth-order valence-electron chi connectivity index (χ4n) is 2.00.